The molecule has 1 unspecified atom stereocenters. The van der Waals surface area contributed by atoms with Crippen LogP contribution in [0.5, 0.6) is 5.88 Å². The number of amides is 1. The lowest BCUT2D eigenvalue weighted by atomic mass is 10.1. The zero-order chi connectivity index (χ0) is 15.5. The predicted octanol–water partition coefficient (Wildman–Crippen LogP) is 1.65. The molecule has 0 saturated carbocycles. The van der Waals surface area contributed by atoms with Gasteiger partial charge in [0.25, 0.3) is 5.88 Å². The van der Waals surface area contributed by atoms with E-state index in [4.69, 9.17) is 4.74 Å². The van der Waals surface area contributed by atoms with Crippen molar-refractivity contribution < 1.29 is 9.53 Å². The van der Waals surface area contributed by atoms with Crippen LogP contribution in [0.4, 0.5) is 0 Å². The largest absolute Gasteiger partial charge is 0.472 e. The summed E-state index contributed by atoms with van der Waals surface area (Å²) in [5, 5.41) is 0. The van der Waals surface area contributed by atoms with Crippen LogP contribution in [0, 0.1) is 0 Å². The molecular weight excluding hydrogens is 300 g/mol. The van der Waals surface area contributed by atoms with Crippen LogP contribution in [0.2, 0.25) is 0 Å². The van der Waals surface area contributed by atoms with Gasteiger partial charge in [-0.1, -0.05) is 6.08 Å². The lowest BCUT2D eigenvalue weighted by Crippen LogP contribution is -2.43. The van der Waals surface area contributed by atoms with Gasteiger partial charge >= 0.3 is 0 Å². The van der Waals surface area contributed by atoms with Gasteiger partial charge in [0.05, 0.1) is 18.1 Å². The third-order valence-corrected chi connectivity index (χ3v) is 4.60. The van der Waals surface area contributed by atoms with E-state index in [0.29, 0.717) is 12.3 Å². The van der Waals surface area contributed by atoms with Crippen LogP contribution in [0.25, 0.3) is 5.57 Å². The summed E-state index contributed by atoms with van der Waals surface area (Å²) >= 11 is 1.16. The minimum Gasteiger partial charge on any atom is -0.472 e. The SMILES string of the molecule is CC(CC(=O)N1CCC1)Oc1nsnc1C1=CCCN(C)C1. The van der Waals surface area contributed by atoms with Crippen LogP contribution in [0.15, 0.2) is 6.08 Å². The van der Waals surface area contributed by atoms with Gasteiger partial charge in [-0.25, -0.2) is 0 Å². The molecule has 1 fully saturated rings. The lowest BCUT2D eigenvalue weighted by Gasteiger charge is -2.31. The maximum Gasteiger partial charge on any atom is 0.253 e. The van der Waals surface area contributed by atoms with Crippen LogP contribution in [-0.4, -0.2) is 63.8 Å². The highest BCUT2D eigenvalue weighted by Crippen LogP contribution is 2.28. The van der Waals surface area contributed by atoms with E-state index < -0.39 is 0 Å². The topological polar surface area (TPSA) is 58.6 Å². The molecule has 1 saturated heterocycles. The second kappa shape index (κ2) is 6.75. The van der Waals surface area contributed by atoms with Gasteiger partial charge in [0, 0.05) is 26.2 Å². The number of likely N-dealkylation sites (N-methyl/N-ethyl adjacent to an activating group) is 1. The van der Waals surface area contributed by atoms with Crippen molar-refractivity contribution in [1.82, 2.24) is 18.5 Å². The minimum atomic E-state index is -0.183. The number of hydrogen-bond acceptors (Lipinski definition) is 6. The van der Waals surface area contributed by atoms with Crippen molar-refractivity contribution in [3.05, 3.63) is 11.8 Å². The Morgan fingerprint density at radius 2 is 2.23 bits per heavy atom. The minimum absolute atomic E-state index is 0.167. The predicted molar refractivity (Wildman–Crippen MR) is 85.9 cm³/mol. The number of hydrogen-bond donors (Lipinski definition) is 0. The highest BCUT2D eigenvalue weighted by Gasteiger charge is 2.24. The normalized spacial score (nSPS) is 20.3. The Hall–Kier alpha value is -1.47. The number of aromatic nitrogens is 2. The van der Waals surface area contributed by atoms with Gasteiger partial charge in [-0.3, -0.25) is 4.79 Å². The van der Waals surface area contributed by atoms with E-state index in [9.17, 15) is 4.79 Å². The standard InChI is InChI=1S/C15H22N4O2S/c1-11(9-13(20)19-7-4-8-19)21-15-14(16-22-17-15)12-5-3-6-18(2)10-12/h5,11H,3-4,6-10H2,1-2H3. The molecule has 0 spiro atoms. The Kier molecular flexibility index (Phi) is 4.73. The van der Waals surface area contributed by atoms with Crippen LogP contribution in [0.3, 0.4) is 0 Å². The highest BCUT2D eigenvalue weighted by atomic mass is 32.1. The second-order valence-corrected chi connectivity index (χ2v) is 6.57. The summed E-state index contributed by atoms with van der Waals surface area (Å²) in [5.41, 5.74) is 2.00. The summed E-state index contributed by atoms with van der Waals surface area (Å²) in [6.07, 6.45) is 4.56. The molecule has 1 amide bonds. The van der Waals surface area contributed by atoms with Crippen molar-refractivity contribution in [1.29, 1.82) is 0 Å². The molecule has 6 nitrogen and oxygen atoms in total. The van der Waals surface area contributed by atoms with E-state index in [1.165, 1.54) is 5.57 Å². The average Bonchev–Trinajstić information content (AvgIpc) is 2.84. The van der Waals surface area contributed by atoms with Gasteiger partial charge in [-0.05, 0) is 32.4 Å². The van der Waals surface area contributed by atoms with E-state index >= 15 is 0 Å². The zero-order valence-electron chi connectivity index (χ0n) is 13.1. The average molecular weight is 322 g/mol. The Morgan fingerprint density at radius 3 is 2.91 bits per heavy atom. The number of rotatable bonds is 5. The summed E-state index contributed by atoms with van der Waals surface area (Å²) in [5.74, 6) is 0.732. The molecule has 7 heteroatoms. The fourth-order valence-electron chi connectivity index (χ4n) is 2.69. The van der Waals surface area contributed by atoms with Crippen molar-refractivity contribution >= 4 is 23.2 Å². The maximum absolute atomic E-state index is 12.0. The number of carbonyl (C=O) groups is 1. The molecule has 0 radical (unpaired) electrons. The quantitative estimate of drug-likeness (QED) is 0.825. The highest BCUT2D eigenvalue weighted by molar-refractivity contribution is 6.99. The monoisotopic (exact) mass is 322 g/mol. The van der Waals surface area contributed by atoms with Gasteiger partial charge in [-0.15, -0.1) is 4.37 Å². The van der Waals surface area contributed by atoms with Crippen LogP contribution < -0.4 is 4.74 Å². The Bertz CT molecular complexity index is 568. The summed E-state index contributed by atoms with van der Waals surface area (Å²) < 4.78 is 14.5. The van der Waals surface area contributed by atoms with Crippen molar-refractivity contribution in [2.45, 2.75) is 32.3 Å². The van der Waals surface area contributed by atoms with Gasteiger partial charge in [-0.2, -0.15) is 4.37 Å². The fraction of sp³-hybridized carbons (Fsp3) is 0.667. The molecule has 3 rings (SSSR count). The van der Waals surface area contributed by atoms with Gasteiger partial charge in [0.15, 0.2) is 0 Å². The Morgan fingerprint density at radius 1 is 1.41 bits per heavy atom. The second-order valence-electron chi connectivity index (χ2n) is 6.04. The molecule has 1 aromatic heterocycles. The lowest BCUT2D eigenvalue weighted by molar-refractivity contribution is -0.136. The number of carbonyl (C=O) groups excluding carboxylic acids is 1. The Labute approximate surface area is 135 Å². The smallest absolute Gasteiger partial charge is 0.253 e. The fourth-order valence-corrected chi connectivity index (χ4v) is 3.21. The van der Waals surface area contributed by atoms with E-state index in [2.05, 4.69) is 26.8 Å². The molecule has 0 aliphatic carbocycles. The molecule has 0 aromatic carbocycles. The number of nitrogens with zero attached hydrogens (tertiary/aromatic N) is 4. The molecule has 3 heterocycles. The molecule has 2 aliphatic rings. The summed E-state index contributed by atoms with van der Waals surface area (Å²) in [6.45, 7) is 5.62. The summed E-state index contributed by atoms with van der Waals surface area (Å²) in [7, 11) is 2.10. The van der Waals surface area contributed by atoms with E-state index in [0.717, 1.165) is 56.4 Å². The first-order valence-electron chi connectivity index (χ1n) is 7.78. The van der Waals surface area contributed by atoms with Crippen molar-refractivity contribution in [3.8, 4) is 5.88 Å². The van der Waals surface area contributed by atoms with E-state index in [-0.39, 0.29) is 12.0 Å². The first-order chi connectivity index (χ1) is 10.6. The first-order valence-corrected chi connectivity index (χ1v) is 8.51. The molecule has 120 valence electrons. The summed E-state index contributed by atoms with van der Waals surface area (Å²) in [6, 6.07) is 0. The zero-order valence-corrected chi connectivity index (χ0v) is 13.9. The molecule has 0 bridgehead atoms. The molecule has 0 N–H and O–H groups in total. The van der Waals surface area contributed by atoms with E-state index in [1.807, 2.05) is 11.8 Å². The van der Waals surface area contributed by atoms with Gasteiger partial charge in [0.2, 0.25) is 5.91 Å². The molecule has 2 aliphatic heterocycles. The first kappa shape index (κ1) is 15.4. The van der Waals surface area contributed by atoms with Crippen molar-refractivity contribution in [2.75, 3.05) is 33.2 Å². The molecular formula is C15H22N4O2S. The van der Waals surface area contributed by atoms with Crippen LogP contribution in [0.1, 0.15) is 31.9 Å². The van der Waals surface area contributed by atoms with Crippen LogP contribution in [-0.2, 0) is 4.79 Å². The van der Waals surface area contributed by atoms with E-state index in [1.54, 1.807) is 0 Å². The van der Waals surface area contributed by atoms with Crippen molar-refractivity contribution in [2.24, 2.45) is 0 Å². The van der Waals surface area contributed by atoms with Crippen LogP contribution >= 0.6 is 11.7 Å². The van der Waals surface area contributed by atoms with Gasteiger partial charge < -0.3 is 14.5 Å². The van der Waals surface area contributed by atoms with Crippen molar-refractivity contribution in [3.63, 3.8) is 0 Å². The maximum atomic E-state index is 12.0. The third kappa shape index (κ3) is 3.47. The number of likely N-dealkylation sites (tertiary alicyclic amines) is 1. The molecule has 22 heavy (non-hydrogen) atoms. The third-order valence-electron chi connectivity index (χ3n) is 4.09. The van der Waals surface area contributed by atoms with Gasteiger partial charge in [0.1, 0.15) is 11.8 Å². The molecule has 1 aromatic rings. The Balaban J connectivity index is 1.62. The number of ether oxygens (including phenoxy) is 1. The molecule has 1 atom stereocenters. The summed E-state index contributed by atoms with van der Waals surface area (Å²) in [4.78, 5) is 16.1.